The number of allylic oxidation sites excluding steroid dienone is 9. The molecular weight excluding hydrogens is 160 g/mol. The molecule has 0 atom stereocenters. The first-order valence-corrected chi connectivity index (χ1v) is 4.17. The molecule has 0 radical (unpaired) electrons. The standard InChI is InChI=1S/C12H12O/c1-2-11-6-3-4-7-12(10-11)8-5-9-13/h2-9H,1,10H2/b8-5+. The van der Waals surface area contributed by atoms with Crippen LogP contribution < -0.4 is 0 Å². The van der Waals surface area contributed by atoms with E-state index in [2.05, 4.69) is 6.58 Å². The van der Waals surface area contributed by atoms with Crippen LogP contribution in [0.4, 0.5) is 0 Å². The maximum absolute atomic E-state index is 10.1. The minimum atomic E-state index is 0.784. The molecule has 0 aromatic carbocycles. The van der Waals surface area contributed by atoms with Crippen molar-refractivity contribution in [1.82, 2.24) is 0 Å². The van der Waals surface area contributed by atoms with Crippen LogP contribution in [0.15, 0.2) is 60.3 Å². The molecule has 0 unspecified atom stereocenters. The average Bonchev–Trinajstić information content (AvgIpc) is 2.39. The minimum Gasteiger partial charge on any atom is -0.299 e. The van der Waals surface area contributed by atoms with E-state index in [1.54, 1.807) is 0 Å². The van der Waals surface area contributed by atoms with Crippen molar-refractivity contribution in [3.05, 3.63) is 60.3 Å². The molecule has 0 saturated carbocycles. The molecule has 0 amide bonds. The van der Waals surface area contributed by atoms with Crippen LogP contribution in [0.1, 0.15) is 6.42 Å². The van der Waals surface area contributed by atoms with Gasteiger partial charge in [-0.2, -0.15) is 0 Å². The van der Waals surface area contributed by atoms with Gasteiger partial charge in [-0.3, -0.25) is 4.79 Å². The molecule has 0 aromatic heterocycles. The van der Waals surface area contributed by atoms with E-state index in [-0.39, 0.29) is 0 Å². The van der Waals surface area contributed by atoms with E-state index in [0.717, 1.165) is 23.9 Å². The molecule has 1 aliphatic rings. The fourth-order valence-electron chi connectivity index (χ4n) is 1.13. The summed E-state index contributed by atoms with van der Waals surface area (Å²) < 4.78 is 0. The third-order valence-corrected chi connectivity index (χ3v) is 1.79. The molecule has 1 heteroatoms. The Bertz CT molecular complexity index is 314. The number of rotatable bonds is 3. The average molecular weight is 172 g/mol. The normalized spacial score (nSPS) is 16.3. The molecular formula is C12H12O. The van der Waals surface area contributed by atoms with Crippen molar-refractivity contribution >= 4 is 6.29 Å². The molecule has 0 aromatic rings. The Kier molecular flexibility index (Phi) is 3.71. The zero-order valence-corrected chi connectivity index (χ0v) is 7.44. The van der Waals surface area contributed by atoms with E-state index in [4.69, 9.17) is 0 Å². The first-order chi connectivity index (χ1) is 6.36. The van der Waals surface area contributed by atoms with Crippen LogP contribution in [0.25, 0.3) is 0 Å². The van der Waals surface area contributed by atoms with Crippen molar-refractivity contribution in [1.29, 1.82) is 0 Å². The van der Waals surface area contributed by atoms with E-state index in [1.807, 2.05) is 36.5 Å². The monoisotopic (exact) mass is 172 g/mol. The number of aldehydes is 1. The Morgan fingerprint density at radius 3 is 2.54 bits per heavy atom. The molecule has 1 nitrogen and oxygen atoms in total. The van der Waals surface area contributed by atoms with E-state index in [1.165, 1.54) is 6.08 Å². The lowest BCUT2D eigenvalue weighted by Crippen LogP contribution is -1.81. The van der Waals surface area contributed by atoms with E-state index < -0.39 is 0 Å². The van der Waals surface area contributed by atoms with Gasteiger partial charge in [0.2, 0.25) is 0 Å². The molecule has 0 N–H and O–H groups in total. The second-order valence-electron chi connectivity index (χ2n) is 2.74. The van der Waals surface area contributed by atoms with Gasteiger partial charge in [-0.25, -0.2) is 0 Å². The van der Waals surface area contributed by atoms with Crippen LogP contribution in [0.5, 0.6) is 0 Å². The highest BCUT2D eigenvalue weighted by Gasteiger charge is 1.97. The Morgan fingerprint density at radius 2 is 1.92 bits per heavy atom. The van der Waals surface area contributed by atoms with Crippen LogP contribution in [0, 0.1) is 0 Å². The predicted molar refractivity (Wildman–Crippen MR) is 55.3 cm³/mol. The maximum Gasteiger partial charge on any atom is 0.142 e. The van der Waals surface area contributed by atoms with Crippen molar-refractivity contribution in [2.24, 2.45) is 0 Å². The number of hydrogen-bond donors (Lipinski definition) is 0. The summed E-state index contributed by atoms with van der Waals surface area (Å²) in [6.07, 6.45) is 14.7. The Balaban J connectivity index is 2.78. The van der Waals surface area contributed by atoms with Gasteiger partial charge in [0.15, 0.2) is 0 Å². The topological polar surface area (TPSA) is 17.1 Å². The first-order valence-electron chi connectivity index (χ1n) is 4.17. The zero-order valence-electron chi connectivity index (χ0n) is 7.44. The lowest BCUT2D eigenvalue weighted by atomic mass is 10.1. The molecule has 0 bridgehead atoms. The van der Waals surface area contributed by atoms with Gasteiger partial charge in [0, 0.05) is 0 Å². The highest BCUT2D eigenvalue weighted by Crippen LogP contribution is 2.16. The fraction of sp³-hybridized carbons (Fsp3) is 0.0833. The van der Waals surface area contributed by atoms with Gasteiger partial charge in [-0.15, -0.1) is 0 Å². The number of carbonyl (C=O) groups excluding carboxylic acids is 1. The van der Waals surface area contributed by atoms with Gasteiger partial charge in [0.05, 0.1) is 0 Å². The SMILES string of the molecule is C=CC1=CC=CC=C(/C=C/C=O)C1. The summed E-state index contributed by atoms with van der Waals surface area (Å²) >= 11 is 0. The molecule has 0 saturated heterocycles. The van der Waals surface area contributed by atoms with Gasteiger partial charge >= 0.3 is 0 Å². The first kappa shape index (κ1) is 9.46. The number of carbonyl (C=O) groups is 1. The van der Waals surface area contributed by atoms with E-state index in [9.17, 15) is 4.79 Å². The summed E-state index contributed by atoms with van der Waals surface area (Å²) in [5.41, 5.74) is 2.28. The smallest absolute Gasteiger partial charge is 0.142 e. The lowest BCUT2D eigenvalue weighted by Gasteiger charge is -1.99. The van der Waals surface area contributed by atoms with E-state index in [0.29, 0.717) is 0 Å². The molecule has 1 rings (SSSR count). The van der Waals surface area contributed by atoms with Crippen molar-refractivity contribution in [2.45, 2.75) is 6.42 Å². The van der Waals surface area contributed by atoms with Gasteiger partial charge in [0.25, 0.3) is 0 Å². The molecule has 13 heavy (non-hydrogen) atoms. The maximum atomic E-state index is 10.1. The Hall–Kier alpha value is -1.63. The van der Waals surface area contributed by atoms with Crippen molar-refractivity contribution in [3.63, 3.8) is 0 Å². The fourth-order valence-corrected chi connectivity index (χ4v) is 1.13. The third-order valence-electron chi connectivity index (χ3n) is 1.79. The molecule has 66 valence electrons. The quantitative estimate of drug-likeness (QED) is 0.472. The minimum absolute atomic E-state index is 0.784. The molecule has 0 fully saturated rings. The van der Waals surface area contributed by atoms with Crippen molar-refractivity contribution in [3.8, 4) is 0 Å². The highest BCUT2D eigenvalue weighted by atomic mass is 16.1. The lowest BCUT2D eigenvalue weighted by molar-refractivity contribution is -0.104. The largest absolute Gasteiger partial charge is 0.299 e. The second kappa shape index (κ2) is 5.09. The highest BCUT2D eigenvalue weighted by molar-refractivity contribution is 5.66. The van der Waals surface area contributed by atoms with Crippen molar-refractivity contribution in [2.75, 3.05) is 0 Å². The molecule has 0 spiro atoms. The van der Waals surface area contributed by atoms with Gasteiger partial charge in [0.1, 0.15) is 6.29 Å². The Morgan fingerprint density at radius 1 is 1.23 bits per heavy atom. The molecule has 0 aliphatic heterocycles. The second-order valence-corrected chi connectivity index (χ2v) is 2.74. The van der Waals surface area contributed by atoms with Gasteiger partial charge < -0.3 is 0 Å². The summed E-state index contributed by atoms with van der Waals surface area (Å²) in [6.45, 7) is 3.72. The summed E-state index contributed by atoms with van der Waals surface area (Å²) in [5, 5.41) is 0. The third kappa shape index (κ3) is 3.08. The van der Waals surface area contributed by atoms with Crippen LogP contribution in [-0.4, -0.2) is 6.29 Å². The predicted octanol–water partition coefficient (Wildman–Crippen LogP) is 2.74. The van der Waals surface area contributed by atoms with Crippen molar-refractivity contribution < 1.29 is 4.79 Å². The Labute approximate surface area is 78.5 Å². The van der Waals surface area contributed by atoms with Crippen LogP contribution >= 0.6 is 0 Å². The number of hydrogen-bond acceptors (Lipinski definition) is 1. The van der Waals surface area contributed by atoms with E-state index >= 15 is 0 Å². The van der Waals surface area contributed by atoms with Gasteiger partial charge in [-0.05, 0) is 23.6 Å². The summed E-state index contributed by atoms with van der Waals surface area (Å²) in [7, 11) is 0. The zero-order chi connectivity index (χ0) is 9.52. The summed E-state index contributed by atoms with van der Waals surface area (Å²) in [6, 6.07) is 0. The van der Waals surface area contributed by atoms with Crippen LogP contribution in [-0.2, 0) is 4.79 Å². The van der Waals surface area contributed by atoms with Crippen LogP contribution in [0.3, 0.4) is 0 Å². The molecule has 1 aliphatic carbocycles. The van der Waals surface area contributed by atoms with Gasteiger partial charge in [-0.1, -0.05) is 43.0 Å². The van der Waals surface area contributed by atoms with Crippen LogP contribution in [0.2, 0.25) is 0 Å². The summed E-state index contributed by atoms with van der Waals surface area (Å²) in [4.78, 5) is 10.1. The summed E-state index contributed by atoms with van der Waals surface area (Å²) in [5.74, 6) is 0. The molecule has 0 heterocycles.